The summed E-state index contributed by atoms with van der Waals surface area (Å²) >= 11 is 6.78. The Balaban J connectivity index is 2.11. The molecule has 0 atom stereocenters. The number of sulfonamides is 1. The molecule has 0 aliphatic rings. The molecule has 0 aliphatic heterocycles. The number of rotatable bonds is 7. The maximum Gasteiger partial charge on any atom is 0.263 e. The van der Waals surface area contributed by atoms with Crippen molar-refractivity contribution in [1.29, 1.82) is 0 Å². The van der Waals surface area contributed by atoms with Crippen molar-refractivity contribution in [1.82, 2.24) is 10.3 Å². The van der Waals surface area contributed by atoms with Crippen molar-refractivity contribution in [3.8, 4) is 0 Å². The molecule has 1 aromatic carbocycles. The van der Waals surface area contributed by atoms with Gasteiger partial charge in [0, 0.05) is 11.6 Å². The lowest BCUT2D eigenvalue weighted by molar-refractivity contribution is 0.0955. The number of aromatic nitrogens is 1. The molecule has 0 saturated carbocycles. The van der Waals surface area contributed by atoms with Crippen LogP contribution in [0.5, 0.6) is 0 Å². The maximum atomic E-state index is 12.4. The molecule has 2 aromatic rings. The van der Waals surface area contributed by atoms with E-state index >= 15 is 0 Å². The molecule has 2 rings (SSSR count). The van der Waals surface area contributed by atoms with E-state index in [9.17, 15) is 13.2 Å². The molecular weight excluding hydrogens is 382 g/mol. The second-order valence-corrected chi connectivity index (χ2v) is 9.05. The Bertz CT molecular complexity index is 846. The van der Waals surface area contributed by atoms with E-state index in [1.165, 1.54) is 24.3 Å². The van der Waals surface area contributed by atoms with E-state index < -0.39 is 10.0 Å². The van der Waals surface area contributed by atoms with Crippen molar-refractivity contribution < 1.29 is 13.2 Å². The van der Waals surface area contributed by atoms with Crippen molar-refractivity contribution in [2.75, 3.05) is 11.3 Å². The SMILES string of the molecule is Cc1nc(NS(=O)(=O)c2ccc(Cl)cc2)sc1C(=O)NCCC(C)C. The highest BCUT2D eigenvalue weighted by atomic mass is 35.5. The number of hydrogen-bond donors (Lipinski definition) is 2. The lowest BCUT2D eigenvalue weighted by Crippen LogP contribution is -2.25. The molecule has 0 aliphatic carbocycles. The van der Waals surface area contributed by atoms with E-state index in [2.05, 4.69) is 28.9 Å². The summed E-state index contributed by atoms with van der Waals surface area (Å²) in [4.78, 5) is 16.8. The molecule has 9 heteroatoms. The lowest BCUT2D eigenvalue weighted by Gasteiger charge is -2.06. The summed E-state index contributed by atoms with van der Waals surface area (Å²) in [6.45, 7) is 6.40. The predicted octanol–water partition coefficient (Wildman–Crippen LogP) is 3.68. The molecule has 1 heterocycles. The van der Waals surface area contributed by atoms with Crippen LogP contribution in [0.15, 0.2) is 29.2 Å². The van der Waals surface area contributed by atoms with Gasteiger partial charge in [-0.3, -0.25) is 9.52 Å². The topological polar surface area (TPSA) is 88.2 Å². The van der Waals surface area contributed by atoms with E-state index in [1.807, 2.05) is 0 Å². The van der Waals surface area contributed by atoms with Gasteiger partial charge in [-0.15, -0.1) is 0 Å². The molecule has 25 heavy (non-hydrogen) atoms. The first-order chi connectivity index (χ1) is 11.7. The molecular formula is C16H20ClN3O3S2. The molecule has 0 saturated heterocycles. The monoisotopic (exact) mass is 401 g/mol. The Kier molecular flexibility index (Phi) is 6.42. The number of nitrogens with one attached hydrogen (secondary N) is 2. The highest BCUT2D eigenvalue weighted by Crippen LogP contribution is 2.25. The first-order valence-electron chi connectivity index (χ1n) is 7.73. The molecule has 2 N–H and O–H groups in total. The average molecular weight is 402 g/mol. The van der Waals surface area contributed by atoms with Crippen molar-refractivity contribution in [3.05, 3.63) is 39.9 Å². The molecule has 0 radical (unpaired) electrons. The Morgan fingerprint density at radius 3 is 2.52 bits per heavy atom. The van der Waals surface area contributed by atoms with Gasteiger partial charge in [-0.05, 0) is 43.5 Å². The number of anilines is 1. The smallest absolute Gasteiger partial charge is 0.263 e. The van der Waals surface area contributed by atoms with E-state index in [1.54, 1.807) is 6.92 Å². The fraction of sp³-hybridized carbons (Fsp3) is 0.375. The van der Waals surface area contributed by atoms with Gasteiger partial charge in [0.2, 0.25) is 0 Å². The molecule has 1 amide bonds. The summed E-state index contributed by atoms with van der Waals surface area (Å²) < 4.78 is 27.1. The summed E-state index contributed by atoms with van der Waals surface area (Å²) in [5.41, 5.74) is 0.487. The molecule has 0 spiro atoms. The van der Waals surface area contributed by atoms with Gasteiger partial charge in [0.1, 0.15) is 4.88 Å². The van der Waals surface area contributed by atoms with Crippen LogP contribution in [-0.4, -0.2) is 25.9 Å². The van der Waals surface area contributed by atoms with Crippen LogP contribution in [0.2, 0.25) is 5.02 Å². The Labute approximate surface area is 156 Å². The molecule has 0 bridgehead atoms. The third-order valence-electron chi connectivity index (χ3n) is 3.36. The van der Waals surface area contributed by atoms with Gasteiger partial charge in [0.15, 0.2) is 5.13 Å². The van der Waals surface area contributed by atoms with Gasteiger partial charge in [-0.1, -0.05) is 36.8 Å². The average Bonchev–Trinajstić information content (AvgIpc) is 2.87. The van der Waals surface area contributed by atoms with Crippen molar-refractivity contribution in [3.63, 3.8) is 0 Å². The Morgan fingerprint density at radius 2 is 1.92 bits per heavy atom. The zero-order chi connectivity index (χ0) is 18.6. The molecule has 0 unspecified atom stereocenters. The van der Waals surface area contributed by atoms with Crippen LogP contribution in [0, 0.1) is 12.8 Å². The first-order valence-corrected chi connectivity index (χ1v) is 10.4. The summed E-state index contributed by atoms with van der Waals surface area (Å²) in [5.74, 6) is 0.247. The van der Waals surface area contributed by atoms with Crippen LogP contribution >= 0.6 is 22.9 Å². The number of nitrogens with zero attached hydrogens (tertiary/aromatic N) is 1. The van der Waals surface area contributed by atoms with Gasteiger partial charge in [0.05, 0.1) is 10.6 Å². The molecule has 0 fully saturated rings. The first kappa shape index (κ1) is 19.7. The van der Waals surface area contributed by atoms with Crippen LogP contribution in [0.3, 0.4) is 0 Å². The highest BCUT2D eigenvalue weighted by molar-refractivity contribution is 7.93. The van der Waals surface area contributed by atoms with Gasteiger partial charge < -0.3 is 5.32 Å². The second-order valence-electron chi connectivity index (χ2n) is 5.93. The quantitative estimate of drug-likeness (QED) is 0.740. The lowest BCUT2D eigenvalue weighted by atomic mass is 10.1. The number of hydrogen-bond acceptors (Lipinski definition) is 5. The molecule has 136 valence electrons. The third-order valence-corrected chi connectivity index (χ3v) is 6.16. The summed E-state index contributed by atoms with van der Waals surface area (Å²) in [7, 11) is -3.78. The van der Waals surface area contributed by atoms with Crippen LogP contribution in [0.25, 0.3) is 0 Å². The normalized spacial score (nSPS) is 11.6. The van der Waals surface area contributed by atoms with Crippen LogP contribution in [-0.2, 0) is 10.0 Å². The van der Waals surface area contributed by atoms with Gasteiger partial charge in [-0.25, -0.2) is 13.4 Å². The number of carbonyl (C=O) groups is 1. The zero-order valence-electron chi connectivity index (χ0n) is 14.2. The molecule has 6 nitrogen and oxygen atoms in total. The van der Waals surface area contributed by atoms with Crippen molar-refractivity contribution in [2.24, 2.45) is 5.92 Å². The van der Waals surface area contributed by atoms with E-state index in [4.69, 9.17) is 11.6 Å². The van der Waals surface area contributed by atoms with Gasteiger partial charge in [0.25, 0.3) is 15.9 Å². The van der Waals surface area contributed by atoms with Crippen LogP contribution in [0.1, 0.15) is 35.6 Å². The van der Waals surface area contributed by atoms with Gasteiger partial charge in [-0.2, -0.15) is 0 Å². The minimum absolute atomic E-state index is 0.0766. The largest absolute Gasteiger partial charge is 0.351 e. The van der Waals surface area contributed by atoms with Crippen LogP contribution in [0.4, 0.5) is 5.13 Å². The third kappa shape index (κ3) is 5.42. The highest BCUT2D eigenvalue weighted by Gasteiger charge is 2.20. The number of benzene rings is 1. The zero-order valence-corrected chi connectivity index (χ0v) is 16.6. The standard InChI is InChI=1S/C16H20ClN3O3S2/c1-10(2)8-9-18-15(21)14-11(3)19-16(24-14)20-25(22,23)13-6-4-12(17)5-7-13/h4-7,10H,8-9H2,1-3H3,(H,18,21)(H,19,20). The van der Waals surface area contributed by atoms with Crippen LogP contribution < -0.4 is 10.0 Å². The summed E-state index contributed by atoms with van der Waals surface area (Å²) in [5, 5.41) is 3.43. The maximum absolute atomic E-state index is 12.4. The summed E-state index contributed by atoms with van der Waals surface area (Å²) in [6, 6.07) is 5.81. The number of halogens is 1. The van der Waals surface area contributed by atoms with Crippen molar-refractivity contribution >= 4 is 44.0 Å². The predicted molar refractivity (Wildman–Crippen MR) is 101 cm³/mol. The van der Waals surface area contributed by atoms with E-state index in [-0.39, 0.29) is 15.9 Å². The minimum Gasteiger partial charge on any atom is -0.351 e. The Morgan fingerprint density at radius 1 is 1.28 bits per heavy atom. The minimum atomic E-state index is -3.78. The van der Waals surface area contributed by atoms with Gasteiger partial charge >= 0.3 is 0 Å². The number of carbonyl (C=O) groups excluding carboxylic acids is 1. The number of aryl methyl sites for hydroxylation is 1. The Hall–Kier alpha value is -1.64. The van der Waals surface area contributed by atoms with E-state index in [0.29, 0.717) is 28.1 Å². The van der Waals surface area contributed by atoms with Crippen molar-refractivity contribution in [2.45, 2.75) is 32.1 Å². The molecule has 1 aromatic heterocycles. The second kappa shape index (κ2) is 8.16. The summed E-state index contributed by atoms with van der Waals surface area (Å²) in [6.07, 6.45) is 0.875. The fourth-order valence-corrected chi connectivity index (χ4v) is 4.24. The number of thiazole rings is 1. The number of amides is 1. The fourth-order valence-electron chi connectivity index (χ4n) is 1.99. The van der Waals surface area contributed by atoms with E-state index in [0.717, 1.165) is 17.8 Å².